The van der Waals surface area contributed by atoms with Crippen molar-refractivity contribution in [2.75, 3.05) is 13.2 Å². The van der Waals surface area contributed by atoms with Crippen molar-refractivity contribution < 1.29 is 4.74 Å². The Bertz CT molecular complexity index is 143. The molecule has 2 unspecified atom stereocenters. The van der Waals surface area contributed by atoms with E-state index in [2.05, 4.69) is 26.1 Å². The molecular formula is C12H25NO. The SMILES string of the molecule is CCCC(C)NC(C)C1CCOCC1. The Kier molecular flexibility index (Phi) is 5.49. The van der Waals surface area contributed by atoms with E-state index in [1.54, 1.807) is 0 Å². The molecule has 1 heterocycles. The molecule has 1 saturated heterocycles. The molecule has 1 rings (SSSR count). The van der Waals surface area contributed by atoms with Crippen molar-refractivity contribution in [1.82, 2.24) is 5.32 Å². The van der Waals surface area contributed by atoms with Crippen molar-refractivity contribution in [3.05, 3.63) is 0 Å². The molecule has 1 N–H and O–H groups in total. The predicted octanol–water partition coefficient (Wildman–Crippen LogP) is 2.58. The maximum Gasteiger partial charge on any atom is 0.0469 e. The van der Waals surface area contributed by atoms with Gasteiger partial charge in [-0.2, -0.15) is 0 Å². The Hall–Kier alpha value is -0.0800. The number of ether oxygens (including phenoxy) is 1. The zero-order chi connectivity index (χ0) is 10.4. The van der Waals surface area contributed by atoms with E-state index in [1.165, 1.54) is 25.7 Å². The highest BCUT2D eigenvalue weighted by Crippen LogP contribution is 2.19. The van der Waals surface area contributed by atoms with Gasteiger partial charge < -0.3 is 10.1 Å². The van der Waals surface area contributed by atoms with E-state index < -0.39 is 0 Å². The van der Waals surface area contributed by atoms with Crippen molar-refractivity contribution in [1.29, 1.82) is 0 Å². The van der Waals surface area contributed by atoms with Crippen LogP contribution in [0.1, 0.15) is 46.5 Å². The lowest BCUT2D eigenvalue weighted by Gasteiger charge is -2.30. The third kappa shape index (κ3) is 3.97. The molecule has 0 aromatic rings. The van der Waals surface area contributed by atoms with Gasteiger partial charge in [0.1, 0.15) is 0 Å². The van der Waals surface area contributed by atoms with Gasteiger partial charge >= 0.3 is 0 Å². The van der Waals surface area contributed by atoms with Crippen LogP contribution in [0.5, 0.6) is 0 Å². The maximum absolute atomic E-state index is 5.37. The summed E-state index contributed by atoms with van der Waals surface area (Å²) in [6.07, 6.45) is 5.02. The van der Waals surface area contributed by atoms with Gasteiger partial charge in [0.05, 0.1) is 0 Å². The van der Waals surface area contributed by atoms with Gasteiger partial charge in [-0.3, -0.25) is 0 Å². The first-order valence-corrected chi connectivity index (χ1v) is 6.07. The third-order valence-electron chi connectivity index (χ3n) is 3.24. The summed E-state index contributed by atoms with van der Waals surface area (Å²) < 4.78 is 5.37. The fraction of sp³-hybridized carbons (Fsp3) is 1.00. The van der Waals surface area contributed by atoms with Crippen LogP contribution < -0.4 is 5.32 Å². The molecule has 14 heavy (non-hydrogen) atoms. The summed E-state index contributed by atoms with van der Waals surface area (Å²) in [5, 5.41) is 3.69. The summed E-state index contributed by atoms with van der Waals surface area (Å²) in [4.78, 5) is 0. The highest BCUT2D eigenvalue weighted by Gasteiger charge is 2.20. The van der Waals surface area contributed by atoms with Gasteiger partial charge in [0.2, 0.25) is 0 Å². The van der Waals surface area contributed by atoms with Crippen LogP contribution in [0.3, 0.4) is 0 Å². The lowest BCUT2D eigenvalue weighted by atomic mass is 9.92. The van der Waals surface area contributed by atoms with Gasteiger partial charge in [-0.05, 0) is 39.0 Å². The number of nitrogens with one attached hydrogen (secondary N) is 1. The molecule has 2 nitrogen and oxygen atoms in total. The van der Waals surface area contributed by atoms with Gasteiger partial charge in [0.25, 0.3) is 0 Å². The lowest BCUT2D eigenvalue weighted by Crippen LogP contribution is -2.41. The average Bonchev–Trinajstić information content (AvgIpc) is 2.19. The monoisotopic (exact) mass is 199 g/mol. The van der Waals surface area contributed by atoms with Gasteiger partial charge in [0, 0.05) is 25.3 Å². The Morgan fingerprint density at radius 1 is 1.29 bits per heavy atom. The highest BCUT2D eigenvalue weighted by atomic mass is 16.5. The van der Waals surface area contributed by atoms with E-state index in [9.17, 15) is 0 Å². The molecule has 0 spiro atoms. The molecule has 2 heteroatoms. The smallest absolute Gasteiger partial charge is 0.0469 e. The zero-order valence-corrected chi connectivity index (χ0v) is 9.88. The molecule has 0 aromatic heterocycles. The van der Waals surface area contributed by atoms with Gasteiger partial charge in [-0.15, -0.1) is 0 Å². The molecule has 0 aliphatic carbocycles. The summed E-state index contributed by atoms with van der Waals surface area (Å²) in [7, 11) is 0. The quantitative estimate of drug-likeness (QED) is 0.735. The van der Waals surface area contributed by atoms with E-state index in [1.807, 2.05) is 0 Å². The van der Waals surface area contributed by atoms with Crippen molar-refractivity contribution in [3.8, 4) is 0 Å². The summed E-state index contributed by atoms with van der Waals surface area (Å²) in [6, 6.07) is 1.32. The minimum atomic E-state index is 0.653. The second kappa shape index (κ2) is 6.41. The van der Waals surface area contributed by atoms with E-state index in [0.29, 0.717) is 12.1 Å². The largest absolute Gasteiger partial charge is 0.381 e. The molecular weight excluding hydrogens is 174 g/mol. The summed E-state index contributed by atoms with van der Waals surface area (Å²) in [5.41, 5.74) is 0. The van der Waals surface area contributed by atoms with Crippen LogP contribution in [0.15, 0.2) is 0 Å². The molecule has 0 saturated carbocycles. The van der Waals surface area contributed by atoms with Crippen LogP contribution in [-0.4, -0.2) is 25.3 Å². The van der Waals surface area contributed by atoms with Crippen LogP contribution >= 0.6 is 0 Å². The molecule has 1 fully saturated rings. The Balaban J connectivity index is 2.21. The van der Waals surface area contributed by atoms with Crippen LogP contribution in [0.25, 0.3) is 0 Å². The van der Waals surface area contributed by atoms with Crippen molar-refractivity contribution >= 4 is 0 Å². The van der Waals surface area contributed by atoms with Crippen LogP contribution in [0, 0.1) is 5.92 Å². The van der Waals surface area contributed by atoms with Crippen LogP contribution in [0.4, 0.5) is 0 Å². The fourth-order valence-corrected chi connectivity index (χ4v) is 2.32. The highest BCUT2D eigenvalue weighted by molar-refractivity contribution is 4.77. The molecule has 2 atom stereocenters. The molecule has 84 valence electrons. The molecule has 1 aliphatic rings. The van der Waals surface area contributed by atoms with Gasteiger partial charge in [-0.1, -0.05) is 13.3 Å². The molecule has 0 bridgehead atoms. The average molecular weight is 199 g/mol. The Morgan fingerprint density at radius 3 is 2.50 bits per heavy atom. The van der Waals surface area contributed by atoms with E-state index in [-0.39, 0.29) is 0 Å². The minimum absolute atomic E-state index is 0.653. The summed E-state index contributed by atoms with van der Waals surface area (Å²) in [6.45, 7) is 8.77. The topological polar surface area (TPSA) is 21.3 Å². The molecule has 0 amide bonds. The first-order valence-electron chi connectivity index (χ1n) is 6.07. The summed E-state index contributed by atoms with van der Waals surface area (Å²) in [5.74, 6) is 0.822. The van der Waals surface area contributed by atoms with Crippen molar-refractivity contribution in [2.24, 2.45) is 5.92 Å². The van der Waals surface area contributed by atoms with Gasteiger partial charge in [-0.25, -0.2) is 0 Å². The van der Waals surface area contributed by atoms with E-state index >= 15 is 0 Å². The van der Waals surface area contributed by atoms with E-state index in [0.717, 1.165) is 19.1 Å². The predicted molar refractivity (Wildman–Crippen MR) is 60.5 cm³/mol. The summed E-state index contributed by atoms with van der Waals surface area (Å²) >= 11 is 0. The Morgan fingerprint density at radius 2 is 1.93 bits per heavy atom. The third-order valence-corrected chi connectivity index (χ3v) is 3.24. The normalized spacial score (nSPS) is 23.4. The van der Waals surface area contributed by atoms with Gasteiger partial charge in [0.15, 0.2) is 0 Å². The standard InChI is InChI=1S/C12H25NO/c1-4-5-10(2)13-11(3)12-6-8-14-9-7-12/h10-13H,4-9H2,1-3H3. The van der Waals surface area contributed by atoms with Crippen molar-refractivity contribution in [3.63, 3.8) is 0 Å². The van der Waals surface area contributed by atoms with Crippen LogP contribution in [-0.2, 0) is 4.74 Å². The maximum atomic E-state index is 5.37. The molecule has 0 radical (unpaired) electrons. The number of hydrogen-bond donors (Lipinski definition) is 1. The fourth-order valence-electron chi connectivity index (χ4n) is 2.32. The first kappa shape index (κ1) is 12.0. The number of hydrogen-bond acceptors (Lipinski definition) is 2. The first-order chi connectivity index (χ1) is 6.74. The number of rotatable bonds is 5. The minimum Gasteiger partial charge on any atom is -0.381 e. The van der Waals surface area contributed by atoms with E-state index in [4.69, 9.17) is 4.74 Å². The Labute approximate surface area is 88.4 Å². The lowest BCUT2D eigenvalue weighted by molar-refractivity contribution is 0.0545. The second-order valence-electron chi connectivity index (χ2n) is 4.59. The zero-order valence-electron chi connectivity index (χ0n) is 9.88. The van der Waals surface area contributed by atoms with Crippen LogP contribution in [0.2, 0.25) is 0 Å². The second-order valence-corrected chi connectivity index (χ2v) is 4.59. The molecule has 0 aromatic carbocycles. The van der Waals surface area contributed by atoms with Crippen molar-refractivity contribution in [2.45, 2.75) is 58.5 Å². The molecule has 1 aliphatic heterocycles.